The lowest BCUT2D eigenvalue weighted by Crippen LogP contribution is -2.40. The van der Waals surface area contributed by atoms with Gasteiger partial charge in [0, 0.05) is 13.6 Å². The summed E-state index contributed by atoms with van der Waals surface area (Å²) in [6.45, 7) is 0.234. The van der Waals surface area contributed by atoms with Crippen LogP contribution in [0.1, 0.15) is 19.3 Å². The van der Waals surface area contributed by atoms with Gasteiger partial charge in [0.25, 0.3) is 0 Å². The molecule has 106 valence electrons. The van der Waals surface area contributed by atoms with Crippen molar-refractivity contribution in [3.63, 3.8) is 0 Å². The van der Waals surface area contributed by atoms with Crippen molar-refractivity contribution in [2.75, 3.05) is 20.7 Å². The number of nitrogens with zero attached hydrogens (tertiary/aromatic N) is 1. The van der Waals surface area contributed by atoms with E-state index in [1.165, 1.54) is 12.0 Å². The average Bonchev–Trinajstić information content (AvgIpc) is 2.43. The zero-order valence-corrected chi connectivity index (χ0v) is 11.2. The largest absolute Gasteiger partial charge is 0.481 e. The Bertz CT molecular complexity index is 390. The van der Waals surface area contributed by atoms with Crippen molar-refractivity contribution in [1.29, 1.82) is 0 Å². The first kappa shape index (κ1) is 15.2. The Morgan fingerprint density at radius 1 is 1.26 bits per heavy atom. The van der Waals surface area contributed by atoms with Gasteiger partial charge in [-0.15, -0.1) is 0 Å². The molecule has 2 atom stereocenters. The van der Waals surface area contributed by atoms with Crippen molar-refractivity contribution < 1.29 is 24.2 Å². The number of carbonyl (C=O) groups excluding carboxylic acids is 2. The SMILES string of the molecule is COC(=O)CCN(C)C(=O)C1CC=CCC1C(=O)O. The predicted molar refractivity (Wildman–Crippen MR) is 67.3 cm³/mol. The van der Waals surface area contributed by atoms with Crippen LogP contribution in [0, 0.1) is 11.8 Å². The van der Waals surface area contributed by atoms with Crippen molar-refractivity contribution in [2.24, 2.45) is 11.8 Å². The number of methoxy groups -OCH3 is 1. The van der Waals surface area contributed by atoms with Crippen molar-refractivity contribution in [3.8, 4) is 0 Å². The van der Waals surface area contributed by atoms with Gasteiger partial charge in [0.1, 0.15) is 0 Å². The van der Waals surface area contributed by atoms with Crippen molar-refractivity contribution in [2.45, 2.75) is 19.3 Å². The Balaban J connectivity index is 2.61. The first-order valence-electron chi connectivity index (χ1n) is 6.17. The van der Waals surface area contributed by atoms with Crippen LogP contribution in [0.5, 0.6) is 0 Å². The summed E-state index contributed by atoms with van der Waals surface area (Å²) in [7, 11) is 2.86. The number of amides is 1. The van der Waals surface area contributed by atoms with Gasteiger partial charge in [-0.2, -0.15) is 0 Å². The predicted octanol–water partition coefficient (Wildman–Crippen LogP) is 0.675. The van der Waals surface area contributed by atoms with Crippen LogP contribution in [0.25, 0.3) is 0 Å². The molecular formula is C13H19NO5. The van der Waals surface area contributed by atoms with E-state index in [0.717, 1.165) is 0 Å². The molecule has 0 saturated carbocycles. The molecule has 2 unspecified atom stereocenters. The summed E-state index contributed by atoms with van der Waals surface area (Å²) in [5, 5.41) is 9.12. The van der Waals surface area contributed by atoms with Gasteiger partial charge >= 0.3 is 11.9 Å². The zero-order chi connectivity index (χ0) is 14.4. The van der Waals surface area contributed by atoms with E-state index in [9.17, 15) is 14.4 Å². The van der Waals surface area contributed by atoms with Gasteiger partial charge in [-0.05, 0) is 12.8 Å². The summed E-state index contributed by atoms with van der Waals surface area (Å²) in [5.41, 5.74) is 0. The van der Waals surface area contributed by atoms with Crippen LogP contribution in [0.2, 0.25) is 0 Å². The third kappa shape index (κ3) is 4.08. The van der Waals surface area contributed by atoms with E-state index < -0.39 is 23.8 Å². The second-order valence-electron chi connectivity index (χ2n) is 4.58. The van der Waals surface area contributed by atoms with E-state index in [1.807, 2.05) is 6.08 Å². The number of aliphatic carboxylic acids is 1. The molecule has 0 aromatic carbocycles. The molecule has 6 nitrogen and oxygen atoms in total. The second kappa shape index (κ2) is 6.92. The number of carboxylic acid groups (broad SMARTS) is 1. The zero-order valence-electron chi connectivity index (χ0n) is 11.2. The molecule has 0 spiro atoms. The Morgan fingerprint density at radius 2 is 1.84 bits per heavy atom. The highest BCUT2D eigenvalue weighted by Crippen LogP contribution is 2.27. The molecule has 1 aliphatic carbocycles. The minimum atomic E-state index is -0.955. The first-order chi connectivity index (χ1) is 8.97. The fraction of sp³-hybridized carbons (Fsp3) is 0.615. The van der Waals surface area contributed by atoms with Crippen LogP contribution in [-0.2, 0) is 19.1 Å². The molecule has 1 rings (SSSR count). The Morgan fingerprint density at radius 3 is 2.37 bits per heavy atom. The molecule has 0 aromatic rings. The summed E-state index contributed by atoms with van der Waals surface area (Å²) >= 11 is 0. The van der Waals surface area contributed by atoms with E-state index >= 15 is 0 Å². The van der Waals surface area contributed by atoms with Crippen LogP contribution in [0.3, 0.4) is 0 Å². The highest BCUT2D eigenvalue weighted by atomic mass is 16.5. The van der Waals surface area contributed by atoms with Crippen LogP contribution in [-0.4, -0.2) is 48.6 Å². The molecule has 1 N–H and O–H groups in total. The monoisotopic (exact) mass is 269 g/mol. The molecule has 0 saturated heterocycles. The number of rotatable bonds is 5. The number of esters is 1. The minimum absolute atomic E-state index is 0.110. The summed E-state index contributed by atoms with van der Waals surface area (Å²) < 4.78 is 4.50. The molecule has 0 heterocycles. The fourth-order valence-electron chi connectivity index (χ4n) is 2.11. The maximum atomic E-state index is 12.2. The number of hydrogen-bond acceptors (Lipinski definition) is 4. The van der Waals surface area contributed by atoms with E-state index in [0.29, 0.717) is 12.8 Å². The lowest BCUT2D eigenvalue weighted by atomic mass is 9.82. The third-order valence-electron chi connectivity index (χ3n) is 3.32. The lowest BCUT2D eigenvalue weighted by molar-refractivity contribution is -0.150. The molecular weight excluding hydrogens is 250 g/mol. The lowest BCUT2D eigenvalue weighted by Gasteiger charge is -2.28. The summed E-state index contributed by atoms with van der Waals surface area (Å²) in [5.74, 6) is -2.81. The molecule has 0 radical (unpaired) electrons. The number of carboxylic acids is 1. The Hall–Kier alpha value is -1.85. The van der Waals surface area contributed by atoms with E-state index in [4.69, 9.17) is 5.11 Å². The van der Waals surface area contributed by atoms with E-state index in [2.05, 4.69) is 4.74 Å². The number of ether oxygens (including phenoxy) is 1. The molecule has 1 aliphatic rings. The third-order valence-corrected chi connectivity index (χ3v) is 3.32. The van der Waals surface area contributed by atoms with Crippen molar-refractivity contribution in [3.05, 3.63) is 12.2 Å². The van der Waals surface area contributed by atoms with Gasteiger partial charge in [0.05, 0.1) is 25.4 Å². The number of allylic oxidation sites excluding steroid dienone is 2. The fourth-order valence-corrected chi connectivity index (χ4v) is 2.11. The van der Waals surface area contributed by atoms with Crippen LogP contribution < -0.4 is 0 Å². The number of carbonyl (C=O) groups is 3. The van der Waals surface area contributed by atoms with Crippen LogP contribution >= 0.6 is 0 Å². The highest BCUT2D eigenvalue weighted by Gasteiger charge is 2.35. The van der Waals surface area contributed by atoms with Gasteiger partial charge in [0.15, 0.2) is 0 Å². The van der Waals surface area contributed by atoms with Gasteiger partial charge in [0.2, 0.25) is 5.91 Å². The molecule has 1 amide bonds. The summed E-state index contributed by atoms with van der Waals surface area (Å²) in [4.78, 5) is 35.7. The molecule has 19 heavy (non-hydrogen) atoms. The Labute approximate surface area is 112 Å². The first-order valence-corrected chi connectivity index (χ1v) is 6.17. The summed E-state index contributed by atoms with van der Waals surface area (Å²) in [6.07, 6.45) is 4.53. The maximum absolute atomic E-state index is 12.2. The smallest absolute Gasteiger partial charge is 0.307 e. The molecule has 0 aliphatic heterocycles. The van der Waals surface area contributed by atoms with Gasteiger partial charge in [-0.1, -0.05) is 12.2 Å². The average molecular weight is 269 g/mol. The maximum Gasteiger partial charge on any atom is 0.307 e. The van der Waals surface area contributed by atoms with E-state index in [1.54, 1.807) is 13.1 Å². The Kier molecular flexibility index (Phi) is 5.54. The van der Waals surface area contributed by atoms with E-state index in [-0.39, 0.29) is 18.9 Å². The van der Waals surface area contributed by atoms with Crippen LogP contribution in [0.4, 0.5) is 0 Å². The topological polar surface area (TPSA) is 83.9 Å². The van der Waals surface area contributed by atoms with Crippen molar-refractivity contribution >= 4 is 17.8 Å². The molecule has 6 heteroatoms. The summed E-state index contributed by atoms with van der Waals surface area (Å²) in [6, 6.07) is 0. The molecule has 0 bridgehead atoms. The van der Waals surface area contributed by atoms with Gasteiger partial charge in [-0.25, -0.2) is 0 Å². The van der Waals surface area contributed by atoms with Gasteiger partial charge in [-0.3, -0.25) is 14.4 Å². The van der Waals surface area contributed by atoms with Gasteiger partial charge < -0.3 is 14.7 Å². The quantitative estimate of drug-likeness (QED) is 0.586. The minimum Gasteiger partial charge on any atom is -0.481 e. The van der Waals surface area contributed by atoms with Crippen molar-refractivity contribution in [1.82, 2.24) is 4.90 Å². The second-order valence-corrected chi connectivity index (χ2v) is 4.58. The number of hydrogen-bond donors (Lipinski definition) is 1. The van der Waals surface area contributed by atoms with Crippen LogP contribution in [0.15, 0.2) is 12.2 Å². The highest BCUT2D eigenvalue weighted by molar-refractivity contribution is 5.85. The molecule has 0 fully saturated rings. The molecule has 0 aromatic heterocycles. The normalized spacial score (nSPS) is 21.8. The standard InChI is InChI=1S/C13H19NO5/c1-14(8-7-11(15)19-2)12(16)9-5-3-4-6-10(9)13(17)18/h3-4,9-10H,5-8H2,1-2H3,(H,17,18).